The van der Waals surface area contributed by atoms with Crippen molar-refractivity contribution in [3.05, 3.63) is 70.9 Å². The summed E-state index contributed by atoms with van der Waals surface area (Å²) in [6.45, 7) is 2.02. The summed E-state index contributed by atoms with van der Waals surface area (Å²) in [5.41, 5.74) is 1.69. The van der Waals surface area contributed by atoms with E-state index in [1.807, 2.05) is 25.1 Å². The second-order valence-electron chi connectivity index (χ2n) is 5.23. The van der Waals surface area contributed by atoms with Crippen LogP contribution in [0.3, 0.4) is 0 Å². The van der Waals surface area contributed by atoms with E-state index < -0.39 is 0 Å². The largest absolute Gasteiger partial charge is 0.507 e. The molecule has 1 aliphatic rings. The molecule has 0 radical (unpaired) electrons. The normalized spacial score (nSPS) is 13.5. The van der Waals surface area contributed by atoms with E-state index in [-0.39, 0.29) is 34.1 Å². The molecule has 3 rings (SSSR count). The molecule has 0 amide bonds. The van der Waals surface area contributed by atoms with Crippen LogP contribution in [-0.4, -0.2) is 22.5 Å². The van der Waals surface area contributed by atoms with Crippen molar-refractivity contribution in [3.8, 4) is 5.75 Å². The SMILES string of the molecule is Cc1cccc(SCNC2=CC(=O)c3cccc(O)c3C2=O)c1. The van der Waals surface area contributed by atoms with E-state index in [0.29, 0.717) is 5.88 Å². The van der Waals surface area contributed by atoms with Crippen molar-refractivity contribution < 1.29 is 14.7 Å². The van der Waals surface area contributed by atoms with Crippen molar-refractivity contribution in [1.29, 1.82) is 0 Å². The number of fused-ring (bicyclic) bond motifs is 1. The Morgan fingerprint density at radius 3 is 2.70 bits per heavy atom. The number of aryl methyl sites for hydroxylation is 1. The number of rotatable bonds is 4. The Bertz CT molecular complexity index is 827. The maximum Gasteiger partial charge on any atom is 0.213 e. The van der Waals surface area contributed by atoms with Gasteiger partial charge in [0.15, 0.2) is 5.78 Å². The van der Waals surface area contributed by atoms with Gasteiger partial charge in [-0.2, -0.15) is 0 Å². The number of carbonyl (C=O) groups is 2. The molecule has 116 valence electrons. The van der Waals surface area contributed by atoms with Gasteiger partial charge in [-0.3, -0.25) is 9.59 Å². The van der Waals surface area contributed by atoms with Crippen LogP contribution in [0.4, 0.5) is 0 Å². The zero-order valence-corrected chi connectivity index (χ0v) is 13.3. The van der Waals surface area contributed by atoms with Crippen LogP contribution in [0.25, 0.3) is 0 Å². The van der Waals surface area contributed by atoms with Crippen LogP contribution in [0.15, 0.2) is 59.1 Å². The van der Waals surface area contributed by atoms with E-state index in [1.165, 1.54) is 23.9 Å². The average Bonchev–Trinajstić information content (AvgIpc) is 2.52. The Morgan fingerprint density at radius 1 is 1.13 bits per heavy atom. The third kappa shape index (κ3) is 3.14. The maximum absolute atomic E-state index is 12.4. The zero-order chi connectivity index (χ0) is 16.4. The van der Waals surface area contributed by atoms with Gasteiger partial charge in [0.2, 0.25) is 5.78 Å². The van der Waals surface area contributed by atoms with Crippen LogP contribution in [-0.2, 0) is 0 Å². The number of allylic oxidation sites excluding steroid dienone is 2. The summed E-state index contributed by atoms with van der Waals surface area (Å²) in [4.78, 5) is 25.6. The first-order chi connectivity index (χ1) is 11.1. The van der Waals surface area contributed by atoms with Gasteiger partial charge in [-0.15, -0.1) is 11.8 Å². The fraction of sp³-hybridized carbons (Fsp3) is 0.111. The van der Waals surface area contributed by atoms with Gasteiger partial charge < -0.3 is 10.4 Å². The minimum Gasteiger partial charge on any atom is -0.507 e. The number of hydrogen-bond acceptors (Lipinski definition) is 5. The number of ketones is 2. The standard InChI is InChI=1S/C18H15NO3S/c1-11-4-2-5-12(8-11)23-10-19-14-9-16(21)13-6-3-7-15(20)17(13)18(14)22/h2-9,19-20H,10H2,1H3. The van der Waals surface area contributed by atoms with Gasteiger partial charge in [-0.1, -0.05) is 29.8 Å². The number of thioether (sulfide) groups is 1. The van der Waals surface area contributed by atoms with E-state index in [2.05, 4.69) is 11.4 Å². The molecule has 0 saturated carbocycles. The Balaban J connectivity index is 1.73. The van der Waals surface area contributed by atoms with E-state index in [9.17, 15) is 14.7 Å². The summed E-state index contributed by atoms with van der Waals surface area (Å²) < 4.78 is 0. The van der Waals surface area contributed by atoms with Gasteiger partial charge in [-0.25, -0.2) is 0 Å². The highest BCUT2D eigenvalue weighted by atomic mass is 32.2. The molecule has 0 unspecified atom stereocenters. The van der Waals surface area contributed by atoms with Crippen molar-refractivity contribution in [2.75, 3.05) is 5.88 Å². The molecular weight excluding hydrogens is 310 g/mol. The van der Waals surface area contributed by atoms with Crippen LogP contribution >= 0.6 is 11.8 Å². The van der Waals surface area contributed by atoms with Gasteiger partial charge >= 0.3 is 0 Å². The number of nitrogens with one attached hydrogen (secondary N) is 1. The van der Waals surface area contributed by atoms with Crippen LogP contribution in [0.5, 0.6) is 5.75 Å². The average molecular weight is 325 g/mol. The second kappa shape index (κ2) is 6.30. The van der Waals surface area contributed by atoms with Crippen molar-refractivity contribution in [3.63, 3.8) is 0 Å². The Labute approximate surface area is 138 Å². The lowest BCUT2D eigenvalue weighted by atomic mass is 9.92. The van der Waals surface area contributed by atoms with Gasteiger partial charge in [0, 0.05) is 16.5 Å². The lowest BCUT2D eigenvalue weighted by Crippen LogP contribution is -2.26. The number of benzene rings is 2. The van der Waals surface area contributed by atoms with Crippen LogP contribution in [0, 0.1) is 6.92 Å². The highest BCUT2D eigenvalue weighted by Crippen LogP contribution is 2.28. The van der Waals surface area contributed by atoms with Crippen LogP contribution in [0.2, 0.25) is 0 Å². The molecule has 0 atom stereocenters. The molecule has 1 aliphatic carbocycles. The number of aromatic hydroxyl groups is 1. The van der Waals surface area contributed by atoms with E-state index in [0.717, 1.165) is 10.5 Å². The van der Waals surface area contributed by atoms with Crippen molar-refractivity contribution in [1.82, 2.24) is 5.32 Å². The van der Waals surface area contributed by atoms with Gasteiger partial charge in [-0.05, 0) is 25.1 Å². The molecule has 2 N–H and O–H groups in total. The number of phenolic OH excluding ortho intramolecular Hbond substituents is 1. The molecule has 0 bridgehead atoms. The zero-order valence-electron chi connectivity index (χ0n) is 12.5. The third-order valence-corrected chi connectivity index (χ3v) is 4.42. The smallest absolute Gasteiger partial charge is 0.213 e. The summed E-state index contributed by atoms with van der Waals surface area (Å²) in [6.07, 6.45) is 1.29. The second-order valence-corrected chi connectivity index (χ2v) is 6.28. The quantitative estimate of drug-likeness (QED) is 0.667. The molecular formula is C18H15NO3S. The van der Waals surface area contributed by atoms with Crippen LogP contribution < -0.4 is 5.32 Å². The van der Waals surface area contributed by atoms with Crippen molar-refractivity contribution in [2.24, 2.45) is 0 Å². The topological polar surface area (TPSA) is 66.4 Å². The molecule has 4 nitrogen and oxygen atoms in total. The van der Waals surface area contributed by atoms with E-state index in [4.69, 9.17) is 0 Å². The highest BCUT2D eigenvalue weighted by Gasteiger charge is 2.27. The highest BCUT2D eigenvalue weighted by molar-refractivity contribution is 7.99. The minimum absolute atomic E-state index is 0.0723. The molecule has 0 fully saturated rings. The van der Waals surface area contributed by atoms with Crippen molar-refractivity contribution >= 4 is 23.3 Å². The van der Waals surface area contributed by atoms with Gasteiger partial charge in [0.25, 0.3) is 0 Å². The molecule has 2 aromatic rings. The predicted octanol–water partition coefficient (Wildman–Crippen LogP) is 3.30. The Hall–Kier alpha value is -2.53. The molecule has 0 aliphatic heterocycles. The minimum atomic E-state index is -0.359. The molecule has 23 heavy (non-hydrogen) atoms. The number of phenols is 1. The van der Waals surface area contributed by atoms with E-state index in [1.54, 1.807) is 12.1 Å². The first-order valence-corrected chi connectivity index (χ1v) is 8.11. The van der Waals surface area contributed by atoms with Crippen LogP contribution in [0.1, 0.15) is 26.3 Å². The molecule has 0 saturated heterocycles. The lowest BCUT2D eigenvalue weighted by Gasteiger charge is -2.17. The number of Topliss-reactive ketones (excluding diaryl/α,β-unsaturated/α-hetero) is 1. The molecule has 2 aromatic carbocycles. The monoisotopic (exact) mass is 325 g/mol. The summed E-state index contributed by atoms with van der Waals surface area (Å²) in [6, 6.07) is 12.5. The first-order valence-electron chi connectivity index (χ1n) is 7.12. The first kappa shape index (κ1) is 15.4. The third-order valence-electron chi connectivity index (χ3n) is 3.55. The van der Waals surface area contributed by atoms with Gasteiger partial charge in [0.05, 0.1) is 17.1 Å². The molecule has 5 heteroatoms. The fourth-order valence-corrected chi connectivity index (χ4v) is 3.27. The van der Waals surface area contributed by atoms with Gasteiger partial charge in [0.1, 0.15) is 5.75 Å². The molecule has 0 heterocycles. The Morgan fingerprint density at radius 2 is 1.91 bits per heavy atom. The predicted molar refractivity (Wildman–Crippen MR) is 89.9 cm³/mol. The Kier molecular flexibility index (Phi) is 4.21. The fourth-order valence-electron chi connectivity index (χ4n) is 2.43. The number of carbonyl (C=O) groups excluding carboxylic acids is 2. The molecule has 0 spiro atoms. The van der Waals surface area contributed by atoms with Crippen molar-refractivity contribution in [2.45, 2.75) is 11.8 Å². The lowest BCUT2D eigenvalue weighted by molar-refractivity contribution is 0.0976. The van der Waals surface area contributed by atoms with E-state index >= 15 is 0 Å². The summed E-state index contributed by atoms with van der Waals surface area (Å²) in [5.74, 6) is -0.349. The summed E-state index contributed by atoms with van der Waals surface area (Å²) >= 11 is 1.54. The maximum atomic E-state index is 12.4. The summed E-state index contributed by atoms with van der Waals surface area (Å²) in [5, 5.41) is 12.8. The molecule has 0 aromatic heterocycles. The number of hydrogen-bond donors (Lipinski definition) is 2. The summed E-state index contributed by atoms with van der Waals surface area (Å²) in [7, 11) is 0.